The van der Waals surface area contributed by atoms with Crippen molar-refractivity contribution in [3.8, 4) is 11.5 Å². The van der Waals surface area contributed by atoms with Crippen LogP contribution in [0.15, 0.2) is 48.5 Å². The van der Waals surface area contributed by atoms with Gasteiger partial charge in [-0.3, -0.25) is 0 Å². The Kier molecular flexibility index (Phi) is 7.90. The zero-order valence-electron chi connectivity index (χ0n) is 17.2. The van der Waals surface area contributed by atoms with Crippen LogP contribution in [-0.4, -0.2) is 38.3 Å². The number of nitrogens with zero attached hydrogens (tertiary/aromatic N) is 1. The van der Waals surface area contributed by atoms with Crippen LogP contribution in [0.2, 0.25) is 0 Å². The quantitative estimate of drug-likeness (QED) is 0.627. The van der Waals surface area contributed by atoms with E-state index < -0.39 is 10.1 Å². The number of benzene rings is 2. The lowest BCUT2D eigenvalue weighted by Gasteiger charge is -2.27. The summed E-state index contributed by atoms with van der Waals surface area (Å²) in [4.78, 5) is 14.4. The molecule has 2 amide bonds. The summed E-state index contributed by atoms with van der Waals surface area (Å²) in [7, 11) is -2.25. The molecule has 2 aromatic carbocycles. The van der Waals surface area contributed by atoms with Gasteiger partial charge < -0.3 is 19.1 Å². The van der Waals surface area contributed by atoms with E-state index in [2.05, 4.69) is 5.32 Å². The zero-order chi connectivity index (χ0) is 21.4. The predicted molar refractivity (Wildman–Crippen MR) is 112 cm³/mol. The van der Waals surface area contributed by atoms with E-state index in [1.165, 1.54) is 14.0 Å². The number of nitrogens with one attached hydrogen (secondary N) is 1. The van der Waals surface area contributed by atoms with Crippen LogP contribution in [0.4, 0.5) is 4.79 Å². The normalized spacial score (nSPS) is 11.2. The summed E-state index contributed by atoms with van der Waals surface area (Å²) in [5, 5.41) is 2.92. The number of carbonyl (C=O) groups excluding carboxylic acids is 1. The van der Waals surface area contributed by atoms with E-state index in [0.29, 0.717) is 18.8 Å². The fraction of sp³-hybridized carbons (Fsp3) is 0.381. The van der Waals surface area contributed by atoms with Crippen LogP contribution in [0.3, 0.4) is 0 Å². The van der Waals surface area contributed by atoms with Crippen molar-refractivity contribution in [1.82, 2.24) is 10.2 Å². The Hall–Kier alpha value is -2.74. The molecule has 29 heavy (non-hydrogen) atoms. The molecule has 0 heterocycles. The molecule has 2 rings (SSSR count). The third-order valence-corrected chi connectivity index (χ3v) is 5.46. The summed E-state index contributed by atoms with van der Waals surface area (Å²) in [6.07, 6.45) is 0. The first-order chi connectivity index (χ1) is 13.8. The Labute approximate surface area is 172 Å². The van der Waals surface area contributed by atoms with Gasteiger partial charge in [0.05, 0.1) is 12.9 Å². The van der Waals surface area contributed by atoms with Crippen molar-refractivity contribution < 1.29 is 22.1 Å². The summed E-state index contributed by atoms with van der Waals surface area (Å²) < 4.78 is 34.1. The van der Waals surface area contributed by atoms with Crippen LogP contribution in [-0.2, 0) is 23.2 Å². The van der Waals surface area contributed by atoms with Crippen molar-refractivity contribution in [2.24, 2.45) is 0 Å². The molecule has 0 saturated heterocycles. The molecular weight excluding hydrogens is 392 g/mol. The average molecular weight is 421 g/mol. The van der Waals surface area contributed by atoms with Crippen molar-refractivity contribution in [3.05, 3.63) is 59.7 Å². The first-order valence-corrected chi connectivity index (χ1v) is 11.0. The van der Waals surface area contributed by atoms with Crippen molar-refractivity contribution in [2.45, 2.75) is 39.9 Å². The zero-order valence-corrected chi connectivity index (χ0v) is 18.0. The lowest BCUT2D eigenvalue weighted by Crippen LogP contribution is -2.43. The van der Waals surface area contributed by atoms with E-state index in [1.54, 1.807) is 23.1 Å². The monoisotopic (exact) mass is 420 g/mol. The number of hydrogen-bond donors (Lipinski definition) is 1. The highest BCUT2D eigenvalue weighted by Crippen LogP contribution is 2.30. The minimum absolute atomic E-state index is 0.0587. The van der Waals surface area contributed by atoms with Gasteiger partial charge in [-0.15, -0.1) is 0 Å². The van der Waals surface area contributed by atoms with Crippen LogP contribution in [0, 0.1) is 0 Å². The Morgan fingerprint density at radius 2 is 1.76 bits per heavy atom. The van der Waals surface area contributed by atoms with Crippen LogP contribution < -0.4 is 14.2 Å². The van der Waals surface area contributed by atoms with Crippen molar-refractivity contribution in [1.29, 1.82) is 0 Å². The molecule has 0 bridgehead atoms. The van der Waals surface area contributed by atoms with Gasteiger partial charge in [-0.1, -0.05) is 36.4 Å². The fourth-order valence-electron chi connectivity index (χ4n) is 2.64. The third kappa shape index (κ3) is 6.67. The molecule has 0 aliphatic carbocycles. The Bertz CT molecular complexity index is 914. The number of ether oxygens (including phenoxy) is 1. The summed E-state index contributed by atoms with van der Waals surface area (Å²) in [5.41, 5.74) is 1.74. The number of amides is 2. The predicted octanol–water partition coefficient (Wildman–Crippen LogP) is 3.54. The van der Waals surface area contributed by atoms with E-state index in [-0.39, 0.29) is 23.6 Å². The van der Waals surface area contributed by atoms with E-state index >= 15 is 0 Å². The van der Waals surface area contributed by atoms with Gasteiger partial charge in [-0.05, 0) is 44.0 Å². The molecule has 158 valence electrons. The number of urea groups is 1. The van der Waals surface area contributed by atoms with Crippen LogP contribution in [0.5, 0.6) is 11.5 Å². The summed E-state index contributed by atoms with van der Waals surface area (Å²) in [6, 6.07) is 14.4. The lowest BCUT2D eigenvalue weighted by atomic mass is 10.1. The summed E-state index contributed by atoms with van der Waals surface area (Å²) in [5.74, 6) is 0.274. The van der Waals surface area contributed by atoms with Crippen molar-refractivity contribution in [3.63, 3.8) is 0 Å². The minimum Gasteiger partial charge on any atom is -0.493 e. The molecule has 8 heteroatoms. The number of rotatable bonds is 9. The Morgan fingerprint density at radius 3 is 2.34 bits per heavy atom. The van der Waals surface area contributed by atoms with E-state index in [4.69, 9.17) is 8.92 Å². The van der Waals surface area contributed by atoms with Gasteiger partial charge in [0.15, 0.2) is 11.5 Å². The second-order valence-corrected chi connectivity index (χ2v) is 8.64. The first-order valence-electron chi connectivity index (χ1n) is 9.43. The minimum atomic E-state index is -3.70. The molecule has 0 saturated carbocycles. The highest BCUT2D eigenvalue weighted by atomic mass is 32.2. The average Bonchev–Trinajstić information content (AvgIpc) is 2.70. The number of hydrogen-bond acceptors (Lipinski definition) is 5. The van der Waals surface area contributed by atoms with Gasteiger partial charge in [-0.2, -0.15) is 8.42 Å². The molecule has 0 unspecified atom stereocenters. The van der Waals surface area contributed by atoms with Crippen LogP contribution in [0.1, 0.15) is 31.9 Å². The SMILES string of the molecule is CCS(=O)(=O)Oc1cc(CN(C(=O)NCc2ccccc2)C(C)C)ccc1OC. The smallest absolute Gasteiger partial charge is 0.318 e. The molecule has 2 aromatic rings. The third-order valence-electron chi connectivity index (χ3n) is 4.32. The van der Waals surface area contributed by atoms with E-state index in [0.717, 1.165) is 11.1 Å². The van der Waals surface area contributed by atoms with Crippen LogP contribution in [0.25, 0.3) is 0 Å². The maximum atomic E-state index is 12.7. The van der Waals surface area contributed by atoms with Crippen molar-refractivity contribution in [2.75, 3.05) is 12.9 Å². The second kappa shape index (κ2) is 10.2. The van der Waals surface area contributed by atoms with Gasteiger partial charge in [0.25, 0.3) is 0 Å². The van der Waals surface area contributed by atoms with Gasteiger partial charge in [0.1, 0.15) is 0 Å². The lowest BCUT2D eigenvalue weighted by molar-refractivity contribution is 0.179. The molecule has 1 N–H and O–H groups in total. The topological polar surface area (TPSA) is 84.9 Å². The molecule has 0 aliphatic rings. The molecule has 0 atom stereocenters. The standard InChI is InChI=1S/C21H28N2O5S/c1-5-29(25,26)28-20-13-18(11-12-19(20)27-4)15-23(16(2)3)21(24)22-14-17-9-7-6-8-10-17/h6-13,16H,5,14-15H2,1-4H3,(H,22,24). The number of carbonyl (C=O) groups is 1. The molecule has 0 spiro atoms. The fourth-order valence-corrected chi connectivity index (χ4v) is 3.16. The summed E-state index contributed by atoms with van der Waals surface area (Å²) >= 11 is 0. The highest BCUT2D eigenvalue weighted by molar-refractivity contribution is 7.87. The van der Waals surface area contributed by atoms with Gasteiger partial charge in [0.2, 0.25) is 0 Å². The van der Waals surface area contributed by atoms with E-state index in [9.17, 15) is 13.2 Å². The van der Waals surface area contributed by atoms with E-state index in [1.807, 2.05) is 44.2 Å². The maximum absolute atomic E-state index is 12.7. The number of methoxy groups -OCH3 is 1. The molecule has 0 fully saturated rings. The van der Waals surface area contributed by atoms with Gasteiger partial charge >= 0.3 is 16.1 Å². The molecular formula is C21H28N2O5S. The Morgan fingerprint density at radius 1 is 1.07 bits per heavy atom. The first kappa shape index (κ1) is 22.5. The van der Waals surface area contributed by atoms with Crippen molar-refractivity contribution >= 4 is 16.1 Å². The second-order valence-electron chi connectivity index (χ2n) is 6.78. The Balaban J connectivity index is 2.16. The highest BCUT2D eigenvalue weighted by Gasteiger charge is 2.19. The largest absolute Gasteiger partial charge is 0.493 e. The van der Waals surface area contributed by atoms with Crippen LogP contribution >= 0.6 is 0 Å². The molecule has 0 aromatic heterocycles. The summed E-state index contributed by atoms with van der Waals surface area (Å²) in [6.45, 7) is 6.07. The molecule has 0 radical (unpaired) electrons. The molecule has 0 aliphatic heterocycles. The molecule has 7 nitrogen and oxygen atoms in total. The maximum Gasteiger partial charge on any atom is 0.318 e. The van der Waals surface area contributed by atoms with Gasteiger partial charge in [0, 0.05) is 19.1 Å². The van der Waals surface area contributed by atoms with Gasteiger partial charge in [-0.25, -0.2) is 4.79 Å².